The van der Waals surface area contributed by atoms with Gasteiger partial charge in [0.05, 0.1) is 21.8 Å². The molecule has 0 fully saturated rings. The Morgan fingerprint density at radius 1 is 0.846 bits per heavy atom. The van der Waals surface area contributed by atoms with E-state index < -0.39 is 0 Å². The van der Waals surface area contributed by atoms with Gasteiger partial charge in [0.25, 0.3) is 5.91 Å². The van der Waals surface area contributed by atoms with Crippen molar-refractivity contribution in [2.45, 2.75) is 20.1 Å². The normalized spacial score (nSPS) is 10.9. The zero-order valence-electron chi connectivity index (χ0n) is 21.0. The summed E-state index contributed by atoms with van der Waals surface area (Å²) in [5, 5.41) is 4.09. The number of hydrogen-bond donors (Lipinski definition) is 1. The lowest BCUT2D eigenvalue weighted by molar-refractivity contribution is 0.0954. The number of hydrazone groups is 1. The van der Waals surface area contributed by atoms with E-state index in [0.29, 0.717) is 45.0 Å². The maximum atomic E-state index is 13.1. The molecule has 4 aromatic rings. The van der Waals surface area contributed by atoms with Gasteiger partial charge in [-0.2, -0.15) is 5.10 Å². The van der Waals surface area contributed by atoms with Gasteiger partial charge >= 0.3 is 0 Å². The molecule has 39 heavy (non-hydrogen) atoms. The molecule has 0 saturated carbocycles. The molecule has 0 unspecified atom stereocenters. The molecule has 0 bridgehead atoms. The summed E-state index contributed by atoms with van der Waals surface area (Å²) in [6.07, 6.45) is 1.53. The van der Waals surface area contributed by atoms with Crippen LogP contribution in [0.5, 0.6) is 17.2 Å². The van der Waals surface area contributed by atoms with E-state index >= 15 is 0 Å². The third-order valence-corrected chi connectivity index (χ3v) is 6.62. The highest BCUT2D eigenvalue weighted by Gasteiger charge is 2.13. The molecule has 0 saturated heterocycles. The second kappa shape index (κ2) is 13.9. The Labute approximate surface area is 243 Å². The van der Waals surface area contributed by atoms with Crippen LogP contribution in [0.4, 0.5) is 4.39 Å². The SMILES string of the molecule is CCOc1cc(C(=O)N/N=C/c2cc(Br)c(OCc3ccc(F)cc3)c(Br)c2)ccc1OCc1ccccc1. The largest absolute Gasteiger partial charge is 0.490 e. The Kier molecular flexibility index (Phi) is 10.1. The summed E-state index contributed by atoms with van der Waals surface area (Å²) < 4.78 is 32.0. The molecule has 0 radical (unpaired) electrons. The minimum atomic E-state index is -0.390. The molecule has 9 heteroatoms. The number of rotatable bonds is 11. The number of ether oxygens (including phenoxy) is 3. The van der Waals surface area contributed by atoms with Crippen LogP contribution in [0.25, 0.3) is 0 Å². The van der Waals surface area contributed by atoms with Gasteiger partial charge in [-0.3, -0.25) is 4.79 Å². The average molecular weight is 656 g/mol. The van der Waals surface area contributed by atoms with Gasteiger partial charge in [0, 0.05) is 5.56 Å². The Balaban J connectivity index is 1.37. The van der Waals surface area contributed by atoms with Gasteiger partial charge in [0.2, 0.25) is 0 Å². The molecule has 0 aliphatic carbocycles. The lowest BCUT2D eigenvalue weighted by atomic mass is 10.2. The standard InChI is InChI=1S/C30H25Br2FN2O4/c1-2-37-28-16-23(10-13-27(28)38-18-20-6-4-3-5-7-20)30(36)35-34-17-22-14-25(31)29(26(32)15-22)39-19-21-8-11-24(33)12-9-21/h3-17H,2,18-19H2,1H3,(H,35,36)/b34-17+. The zero-order chi connectivity index (χ0) is 27.6. The molecule has 0 aliphatic rings. The first-order valence-electron chi connectivity index (χ1n) is 12.1. The van der Waals surface area contributed by atoms with Crippen molar-refractivity contribution in [3.05, 3.63) is 122 Å². The molecular weight excluding hydrogens is 631 g/mol. The Morgan fingerprint density at radius 2 is 1.51 bits per heavy atom. The molecule has 4 aromatic carbocycles. The molecule has 0 atom stereocenters. The summed E-state index contributed by atoms with van der Waals surface area (Å²) in [5.41, 5.74) is 5.52. The van der Waals surface area contributed by atoms with Crippen LogP contribution in [0.2, 0.25) is 0 Å². The van der Waals surface area contributed by atoms with Crippen molar-refractivity contribution in [2.75, 3.05) is 6.61 Å². The number of hydrogen-bond acceptors (Lipinski definition) is 5. The summed E-state index contributed by atoms with van der Waals surface area (Å²) in [5.74, 6) is 0.945. The topological polar surface area (TPSA) is 69.2 Å². The summed E-state index contributed by atoms with van der Waals surface area (Å²) in [6, 6.07) is 24.6. The second-order valence-electron chi connectivity index (χ2n) is 8.30. The van der Waals surface area contributed by atoms with Crippen LogP contribution in [0, 0.1) is 5.82 Å². The van der Waals surface area contributed by atoms with E-state index in [4.69, 9.17) is 14.2 Å². The lowest BCUT2D eigenvalue weighted by Crippen LogP contribution is -2.17. The highest BCUT2D eigenvalue weighted by molar-refractivity contribution is 9.11. The molecule has 4 rings (SSSR count). The summed E-state index contributed by atoms with van der Waals surface area (Å²) in [4.78, 5) is 12.7. The van der Waals surface area contributed by atoms with E-state index in [2.05, 4.69) is 42.4 Å². The number of amides is 1. The number of nitrogens with one attached hydrogen (secondary N) is 1. The highest BCUT2D eigenvalue weighted by atomic mass is 79.9. The average Bonchev–Trinajstić information content (AvgIpc) is 2.93. The van der Waals surface area contributed by atoms with Crippen molar-refractivity contribution < 1.29 is 23.4 Å². The van der Waals surface area contributed by atoms with Crippen LogP contribution in [0.1, 0.15) is 34.0 Å². The Hall–Kier alpha value is -3.69. The van der Waals surface area contributed by atoms with E-state index in [1.165, 1.54) is 18.3 Å². The van der Waals surface area contributed by atoms with Crippen LogP contribution in [0.15, 0.2) is 99.0 Å². The van der Waals surface area contributed by atoms with E-state index in [-0.39, 0.29) is 18.3 Å². The fraction of sp³-hybridized carbons (Fsp3) is 0.133. The van der Waals surface area contributed by atoms with Gasteiger partial charge in [-0.1, -0.05) is 42.5 Å². The lowest BCUT2D eigenvalue weighted by Gasteiger charge is -2.13. The Bertz CT molecular complexity index is 1420. The van der Waals surface area contributed by atoms with E-state index in [1.54, 1.807) is 30.3 Å². The fourth-order valence-electron chi connectivity index (χ4n) is 3.53. The monoisotopic (exact) mass is 654 g/mol. The number of carbonyl (C=O) groups is 1. The summed E-state index contributed by atoms with van der Waals surface area (Å²) in [6.45, 7) is 2.96. The van der Waals surface area contributed by atoms with Crippen molar-refractivity contribution in [1.82, 2.24) is 5.43 Å². The van der Waals surface area contributed by atoms with Crippen LogP contribution in [0.3, 0.4) is 0 Å². The predicted octanol–water partition coefficient (Wildman–Crippen LogP) is 7.67. The maximum Gasteiger partial charge on any atom is 0.271 e. The van der Waals surface area contributed by atoms with Gasteiger partial charge in [-0.15, -0.1) is 0 Å². The third kappa shape index (κ3) is 8.15. The molecule has 0 aliphatic heterocycles. The number of nitrogens with zero attached hydrogens (tertiary/aromatic N) is 1. The van der Waals surface area contributed by atoms with Gasteiger partial charge in [-0.25, -0.2) is 9.82 Å². The smallest absolute Gasteiger partial charge is 0.271 e. The molecular formula is C30H25Br2FN2O4. The predicted molar refractivity (Wildman–Crippen MR) is 156 cm³/mol. The molecule has 1 amide bonds. The molecule has 1 N–H and O–H groups in total. The van der Waals surface area contributed by atoms with Crippen LogP contribution in [-0.2, 0) is 13.2 Å². The minimum absolute atomic E-state index is 0.279. The quantitative estimate of drug-likeness (QED) is 0.133. The summed E-state index contributed by atoms with van der Waals surface area (Å²) >= 11 is 7.02. The van der Waals surface area contributed by atoms with Crippen molar-refractivity contribution >= 4 is 44.0 Å². The van der Waals surface area contributed by atoms with Crippen molar-refractivity contribution in [2.24, 2.45) is 5.10 Å². The van der Waals surface area contributed by atoms with Crippen LogP contribution < -0.4 is 19.6 Å². The second-order valence-corrected chi connectivity index (χ2v) is 10.0. The molecule has 0 aromatic heterocycles. The van der Waals surface area contributed by atoms with Gasteiger partial charge in [0.15, 0.2) is 11.5 Å². The van der Waals surface area contributed by atoms with Crippen LogP contribution in [-0.4, -0.2) is 18.7 Å². The first-order valence-corrected chi connectivity index (χ1v) is 13.6. The minimum Gasteiger partial charge on any atom is -0.490 e. The molecule has 0 heterocycles. The highest BCUT2D eigenvalue weighted by Crippen LogP contribution is 2.35. The molecule has 200 valence electrons. The zero-order valence-corrected chi connectivity index (χ0v) is 24.2. The van der Waals surface area contributed by atoms with Gasteiger partial charge in [-0.05, 0) is 97.9 Å². The van der Waals surface area contributed by atoms with Crippen molar-refractivity contribution in [3.8, 4) is 17.2 Å². The maximum absolute atomic E-state index is 13.1. The number of halogens is 3. The first kappa shape index (κ1) is 28.3. The van der Waals surface area contributed by atoms with Gasteiger partial charge in [0.1, 0.15) is 24.8 Å². The molecule has 0 spiro atoms. The third-order valence-electron chi connectivity index (χ3n) is 5.44. The number of benzene rings is 4. The van der Waals surface area contributed by atoms with E-state index in [9.17, 15) is 9.18 Å². The van der Waals surface area contributed by atoms with Crippen molar-refractivity contribution in [3.63, 3.8) is 0 Å². The van der Waals surface area contributed by atoms with E-state index in [0.717, 1.165) is 16.7 Å². The first-order chi connectivity index (χ1) is 18.9. The summed E-state index contributed by atoms with van der Waals surface area (Å²) in [7, 11) is 0. The van der Waals surface area contributed by atoms with Crippen LogP contribution >= 0.6 is 31.9 Å². The number of carbonyl (C=O) groups excluding carboxylic acids is 1. The van der Waals surface area contributed by atoms with Crippen molar-refractivity contribution in [1.29, 1.82) is 0 Å². The Morgan fingerprint density at radius 3 is 2.21 bits per heavy atom. The fourth-order valence-corrected chi connectivity index (χ4v) is 4.98. The molecule has 6 nitrogen and oxygen atoms in total. The van der Waals surface area contributed by atoms with E-state index in [1.807, 2.05) is 49.4 Å². The van der Waals surface area contributed by atoms with Gasteiger partial charge < -0.3 is 14.2 Å².